The molecule has 0 saturated heterocycles. The Balaban J connectivity index is 2.99. The number of rotatable bonds is 4. The summed E-state index contributed by atoms with van der Waals surface area (Å²) in [6, 6.07) is 2.42. The first-order chi connectivity index (χ1) is 6.53. The Bertz CT molecular complexity index is 291. The molecule has 1 aromatic heterocycles. The molecule has 1 heterocycles. The Kier molecular flexibility index (Phi) is 3.70. The number of aryl methyl sites for hydroxylation is 1. The highest BCUT2D eigenvalue weighted by Gasteiger charge is 2.29. The lowest BCUT2D eigenvalue weighted by Gasteiger charge is -2.33. The van der Waals surface area contributed by atoms with Crippen molar-refractivity contribution in [3.8, 4) is 0 Å². The zero-order chi connectivity index (χ0) is 10.8. The van der Waals surface area contributed by atoms with Crippen molar-refractivity contribution < 1.29 is 0 Å². The van der Waals surface area contributed by atoms with Crippen LogP contribution in [0.4, 0.5) is 0 Å². The molecule has 0 aliphatic heterocycles. The average Bonchev–Trinajstić information content (AvgIpc) is 2.53. The van der Waals surface area contributed by atoms with Crippen molar-refractivity contribution in [2.24, 2.45) is 11.3 Å². The van der Waals surface area contributed by atoms with E-state index in [1.807, 2.05) is 0 Å². The van der Waals surface area contributed by atoms with Crippen molar-refractivity contribution in [3.05, 3.63) is 21.9 Å². The molecule has 0 amide bonds. The van der Waals surface area contributed by atoms with E-state index in [-0.39, 0.29) is 11.5 Å². The maximum Gasteiger partial charge on any atom is 0.0521 e. The molecule has 2 nitrogen and oxygen atoms in total. The molecular weight excluding hydrogens is 192 g/mol. The minimum absolute atomic E-state index is 0.195. The van der Waals surface area contributed by atoms with E-state index >= 15 is 0 Å². The first kappa shape index (κ1) is 11.7. The van der Waals surface area contributed by atoms with Crippen LogP contribution < -0.4 is 11.3 Å². The third-order valence-corrected chi connectivity index (χ3v) is 3.93. The molecule has 80 valence electrons. The number of hydrogen-bond acceptors (Lipinski definition) is 3. The maximum absolute atomic E-state index is 5.65. The summed E-state index contributed by atoms with van der Waals surface area (Å²) in [5.74, 6) is 5.65. The summed E-state index contributed by atoms with van der Waals surface area (Å²) in [4.78, 5) is 1.36. The van der Waals surface area contributed by atoms with Crippen LogP contribution in [-0.4, -0.2) is 0 Å². The van der Waals surface area contributed by atoms with E-state index in [9.17, 15) is 0 Å². The highest BCUT2D eigenvalue weighted by atomic mass is 32.1. The Morgan fingerprint density at radius 2 is 2.21 bits per heavy atom. The highest BCUT2D eigenvalue weighted by molar-refractivity contribution is 7.10. The minimum Gasteiger partial charge on any atom is -0.271 e. The fourth-order valence-corrected chi connectivity index (χ4v) is 2.38. The summed E-state index contributed by atoms with van der Waals surface area (Å²) in [7, 11) is 0. The average molecular weight is 212 g/mol. The molecular formula is C11H20N2S. The lowest BCUT2D eigenvalue weighted by Crippen LogP contribution is -2.38. The van der Waals surface area contributed by atoms with Crippen molar-refractivity contribution >= 4 is 11.3 Å². The minimum atomic E-state index is 0.195. The van der Waals surface area contributed by atoms with E-state index in [1.54, 1.807) is 11.3 Å². The topological polar surface area (TPSA) is 38.0 Å². The van der Waals surface area contributed by atoms with Gasteiger partial charge in [-0.05, 0) is 35.8 Å². The largest absolute Gasteiger partial charge is 0.271 e. The molecule has 1 aromatic rings. The molecule has 0 aromatic carbocycles. The van der Waals surface area contributed by atoms with Crippen LogP contribution in [0.5, 0.6) is 0 Å². The first-order valence-electron chi connectivity index (χ1n) is 5.03. The molecule has 14 heavy (non-hydrogen) atoms. The molecule has 1 rings (SSSR count). The van der Waals surface area contributed by atoms with E-state index in [0.29, 0.717) is 0 Å². The highest BCUT2D eigenvalue weighted by Crippen LogP contribution is 2.38. The molecule has 0 spiro atoms. The number of nitrogens with one attached hydrogen (secondary N) is 1. The van der Waals surface area contributed by atoms with Gasteiger partial charge in [-0.15, -0.1) is 11.3 Å². The molecule has 0 aliphatic carbocycles. The number of hydrogen-bond donors (Lipinski definition) is 2. The summed E-state index contributed by atoms with van der Waals surface area (Å²) >= 11 is 1.78. The molecule has 0 bridgehead atoms. The molecule has 3 N–H and O–H groups in total. The van der Waals surface area contributed by atoms with Crippen LogP contribution in [0.15, 0.2) is 11.4 Å². The van der Waals surface area contributed by atoms with Gasteiger partial charge in [-0.1, -0.05) is 20.8 Å². The van der Waals surface area contributed by atoms with Crippen molar-refractivity contribution in [2.75, 3.05) is 0 Å². The summed E-state index contributed by atoms with van der Waals surface area (Å²) < 4.78 is 0. The van der Waals surface area contributed by atoms with Crippen LogP contribution >= 0.6 is 11.3 Å². The van der Waals surface area contributed by atoms with Gasteiger partial charge in [0, 0.05) is 4.88 Å². The van der Waals surface area contributed by atoms with Crippen molar-refractivity contribution in [1.29, 1.82) is 0 Å². The normalized spacial score (nSPS) is 14.4. The Morgan fingerprint density at radius 1 is 1.57 bits per heavy atom. The Hall–Kier alpha value is -0.380. The lowest BCUT2D eigenvalue weighted by molar-refractivity contribution is 0.236. The maximum atomic E-state index is 5.65. The van der Waals surface area contributed by atoms with E-state index < -0.39 is 0 Å². The molecule has 0 radical (unpaired) electrons. The van der Waals surface area contributed by atoms with E-state index in [2.05, 4.69) is 44.6 Å². The van der Waals surface area contributed by atoms with Gasteiger partial charge in [0.15, 0.2) is 0 Å². The Morgan fingerprint density at radius 3 is 2.57 bits per heavy atom. The smallest absolute Gasteiger partial charge is 0.0521 e. The second kappa shape index (κ2) is 4.43. The van der Waals surface area contributed by atoms with Gasteiger partial charge in [0.1, 0.15) is 0 Å². The van der Waals surface area contributed by atoms with Crippen LogP contribution in [-0.2, 0) is 0 Å². The van der Waals surface area contributed by atoms with Gasteiger partial charge < -0.3 is 0 Å². The lowest BCUT2D eigenvalue weighted by atomic mass is 9.79. The van der Waals surface area contributed by atoms with Gasteiger partial charge in [0.05, 0.1) is 6.04 Å². The van der Waals surface area contributed by atoms with E-state index in [0.717, 1.165) is 6.42 Å². The van der Waals surface area contributed by atoms with Gasteiger partial charge in [0.25, 0.3) is 0 Å². The van der Waals surface area contributed by atoms with Crippen LogP contribution in [0.2, 0.25) is 0 Å². The van der Waals surface area contributed by atoms with Crippen LogP contribution in [0.25, 0.3) is 0 Å². The standard InChI is InChI=1S/C11H20N2S/c1-5-11(3,4)10(13-12)9-6-7-14-8(9)2/h6-7,10,13H,5,12H2,1-4H3. The predicted molar refractivity (Wildman–Crippen MR) is 63.2 cm³/mol. The third-order valence-electron chi connectivity index (χ3n) is 3.07. The second-order valence-corrected chi connectivity index (χ2v) is 5.49. The van der Waals surface area contributed by atoms with Gasteiger partial charge in [-0.2, -0.15) is 0 Å². The number of hydrazine groups is 1. The van der Waals surface area contributed by atoms with Gasteiger partial charge in [-0.25, -0.2) is 0 Å². The summed E-state index contributed by atoms with van der Waals surface area (Å²) in [5, 5.41) is 2.13. The van der Waals surface area contributed by atoms with Crippen LogP contribution in [0, 0.1) is 12.3 Å². The van der Waals surface area contributed by atoms with E-state index in [1.165, 1.54) is 10.4 Å². The molecule has 0 fully saturated rings. The third kappa shape index (κ3) is 2.16. The van der Waals surface area contributed by atoms with Crippen molar-refractivity contribution in [1.82, 2.24) is 5.43 Å². The zero-order valence-corrected chi connectivity index (χ0v) is 10.2. The fourth-order valence-electron chi connectivity index (χ4n) is 1.63. The predicted octanol–water partition coefficient (Wildman–Crippen LogP) is 3.00. The summed E-state index contributed by atoms with van der Waals surface area (Å²) in [6.07, 6.45) is 1.11. The van der Waals surface area contributed by atoms with Crippen molar-refractivity contribution in [3.63, 3.8) is 0 Å². The molecule has 1 atom stereocenters. The molecule has 1 unspecified atom stereocenters. The Labute approximate surface area is 90.5 Å². The molecule has 3 heteroatoms. The van der Waals surface area contributed by atoms with E-state index in [4.69, 9.17) is 5.84 Å². The SMILES string of the molecule is CCC(C)(C)C(NN)c1ccsc1C. The molecule has 0 saturated carbocycles. The van der Waals surface area contributed by atoms with Gasteiger partial charge >= 0.3 is 0 Å². The van der Waals surface area contributed by atoms with Crippen LogP contribution in [0.1, 0.15) is 43.7 Å². The molecule has 0 aliphatic rings. The van der Waals surface area contributed by atoms with Crippen molar-refractivity contribution in [2.45, 2.75) is 40.2 Å². The quantitative estimate of drug-likeness (QED) is 0.595. The summed E-state index contributed by atoms with van der Waals surface area (Å²) in [6.45, 7) is 8.84. The number of nitrogens with two attached hydrogens (primary N) is 1. The monoisotopic (exact) mass is 212 g/mol. The zero-order valence-electron chi connectivity index (χ0n) is 9.42. The fraction of sp³-hybridized carbons (Fsp3) is 0.636. The van der Waals surface area contributed by atoms with Gasteiger partial charge in [-0.3, -0.25) is 11.3 Å². The van der Waals surface area contributed by atoms with Gasteiger partial charge in [0.2, 0.25) is 0 Å². The second-order valence-electron chi connectivity index (χ2n) is 4.37. The summed E-state index contributed by atoms with van der Waals surface area (Å²) in [5.41, 5.74) is 4.48. The first-order valence-corrected chi connectivity index (χ1v) is 5.91. The number of thiophene rings is 1. The van der Waals surface area contributed by atoms with Crippen LogP contribution in [0.3, 0.4) is 0 Å².